The van der Waals surface area contributed by atoms with Crippen LogP contribution < -0.4 is 10.1 Å². The van der Waals surface area contributed by atoms with Gasteiger partial charge in [0, 0.05) is 18.0 Å². The fourth-order valence-corrected chi connectivity index (χ4v) is 2.00. The first-order valence-corrected chi connectivity index (χ1v) is 7.42. The Labute approximate surface area is 117 Å². The van der Waals surface area contributed by atoms with Gasteiger partial charge in [-0.3, -0.25) is 0 Å². The lowest BCUT2D eigenvalue weighted by Gasteiger charge is -2.25. The molecule has 2 nitrogen and oxygen atoms in total. The van der Waals surface area contributed by atoms with Crippen molar-refractivity contribution in [2.75, 3.05) is 13.2 Å². The maximum atomic E-state index is 5.97. The molecule has 1 N–H and O–H groups in total. The van der Waals surface area contributed by atoms with Crippen molar-refractivity contribution >= 4 is 0 Å². The van der Waals surface area contributed by atoms with Gasteiger partial charge >= 0.3 is 0 Å². The number of hydrogen-bond donors (Lipinski definition) is 1. The molecule has 1 aromatic carbocycles. The third-order valence-electron chi connectivity index (χ3n) is 3.60. The van der Waals surface area contributed by atoms with E-state index in [9.17, 15) is 0 Å². The van der Waals surface area contributed by atoms with Gasteiger partial charge < -0.3 is 10.1 Å². The summed E-state index contributed by atoms with van der Waals surface area (Å²) >= 11 is 0. The Balaban J connectivity index is 1.84. The molecule has 19 heavy (non-hydrogen) atoms. The minimum atomic E-state index is 0.177. The molecule has 0 saturated heterocycles. The fraction of sp³-hybridized carbons (Fsp3) is 0.647. The van der Waals surface area contributed by atoms with E-state index >= 15 is 0 Å². The van der Waals surface area contributed by atoms with E-state index in [4.69, 9.17) is 4.74 Å². The first-order valence-electron chi connectivity index (χ1n) is 7.42. The molecule has 2 heteroatoms. The molecule has 0 heterocycles. The maximum Gasteiger partial charge on any atom is 0.119 e. The van der Waals surface area contributed by atoms with Crippen LogP contribution in [0.4, 0.5) is 0 Å². The first-order chi connectivity index (χ1) is 8.96. The van der Waals surface area contributed by atoms with Gasteiger partial charge in [0.2, 0.25) is 0 Å². The Kier molecular flexibility index (Phi) is 4.51. The van der Waals surface area contributed by atoms with Crippen LogP contribution in [0.5, 0.6) is 5.75 Å². The third-order valence-corrected chi connectivity index (χ3v) is 3.60. The SMILES string of the molecule is CC(C)c1cccc(OCC(C)(C)CNC2CC2)c1. The topological polar surface area (TPSA) is 21.3 Å². The second-order valence-corrected chi connectivity index (χ2v) is 6.84. The lowest BCUT2D eigenvalue weighted by molar-refractivity contribution is 0.176. The molecular weight excluding hydrogens is 234 g/mol. The van der Waals surface area contributed by atoms with E-state index in [0.29, 0.717) is 5.92 Å². The summed E-state index contributed by atoms with van der Waals surface area (Å²) in [6.07, 6.45) is 2.68. The Bertz CT molecular complexity index is 407. The molecule has 0 radical (unpaired) electrons. The minimum absolute atomic E-state index is 0.177. The van der Waals surface area contributed by atoms with Crippen LogP contribution in [0.15, 0.2) is 24.3 Å². The summed E-state index contributed by atoms with van der Waals surface area (Å²) < 4.78 is 5.97. The molecular formula is C17H27NO. The smallest absolute Gasteiger partial charge is 0.119 e. The first kappa shape index (κ1) is 14.4. The molecule has 0 unspecified atom stereocenters. The van der Waals surface area contributed by atoms with Gasteiger partial charge in [-0.05, 0) is 36.5 Å². The third kappa shape index (κ3) is 4.87. The summed E-state index contributed by atoms with van der Waals surface area (Å²) in [6, 6.07) is 9.23. The van der Waals surface area contributed by atoms with Crippen LogP contribution in [0.3, 0.4) is 0 Å². The quantitative estimate of drug-likeness (QED) is 0.802. The van der Waals surface area contributed by atoms with Crippen molar-refractivity contribution in [1.29, 1.82) is 0 Å². The predicted octanol–water partition coefficient (Wildman–Crippen LogP) is 3.97. The summed E-state index contributed by atoms with van der Waals surface area (Å²) in [6.45, 7) is 10.7. The van der Waals surface area contributed by atoms with Crippen LogP contribution >= 0.6 is 0 Å². The lowest BCUT2D eigenvalue weighted by Crippen LogP contribution is -2.35. The van der Waals surface area contributed by atoms with E-state index in [-0.39, 0.29) is 5.41 Å². The maximum absolute atomic E-state index is 5.97. The summed E-state index contributed by atoms with van der Waals surface area (Å²) in [7, 11) is 0. The Morgan fingerprint density at radius 2 is 2.05 bits per heavy atom. The zero-order chi connectivity index (χ0) is 13.9. The predicted molar refractivity (Wildman–Crippen MR) is 80.8 cm³/mol. The van der Waals surface area contributed by atoms with Crippen molar-refractivity contribution in [3.05, 3.63) is 29.8 Å². The average molecular weight is 261 g/mol. The van der Waals surface area contributed by atoms with Gasteiger partial charge in [0.25, 0.3) is 0 Å². The Morgan fingerprint density at radius 1 is 1.32 bits per heavy atom. The number of rotatable bonds is 7. The highest BCUT2D eigenvalue weighted by Crippen LogP contribution is 2.24. The van der Waals surface area contributed by atoms with E-state index in [0.717, 1.165) is 24.9 Å². The van der Waals surface area contributed by atoms with Crippen molar-refractivity contribution in [2.45, 2.75) is 52.5 Å². The number of nitrogens with one attached hydrogen (secondary N) is 1. The van der Waals surface area contributed by atoms with E-state index < -0.39 is 0 Å². The van der Waals surface area contributed by atoms with Gasteiger partial charge in [-0.25, -0.2) is 0 Å². The molecule has 1 fully saturated rings. The zero-order valence-corrected chi connectivity index (χ0v) is 12.7. The van der Waals surface area contributed by atoms with Crippen molar-refractivity contribution in [1.82, 2.24) is 5.32 Å². The fourth-order valence-electron chi connectivity index (χ4n) is 2.00. The highest BCUT2D eigenvalue weighted by atomic mass is 16.5. The zero-order valence-electron chi connectivity index (χ0n) is 12.7. The summed E-state index contributed by atoms with van der Waals surface area (Å²) in [5.41, 5.74) is 1.52. The largest absolute Gasteiger partial charge is 0.493 e. The summed E-state index contributed by atoms with van der Waals surface area (Å²) in [4.78, 5) is 0. The highest BCUT2D eigenvalue weighted by molar-refractivity contribution is 5.30. The van der Waals surface area contributed by atoms with E-state index in [2.05, 4.69) is 57.3 Å². The van der Waals surface area contributed by atoms with Crippen LogP contribution in [-0.4, -0.2) is 19.2 Å². The second-order valence-electron chi connectivity index (χ2n) is 6.84. The van der Waals surface area contributed by atoms with Crippen LogP contribution in [0.25, 0.3) is 0 Å². The molecule has 0 aromatic heterocycles. The molecule has 2 rings (SSSR count). The van der Waals surface area contributed by atoms with Crippen molar-refractivity contribution in [2.24, 2.45) is 5.41 Å². The van der Waals surface area contributed by atoms with Gasteiger partial charge in [0.15, 0.2) is 0 Å². The Hall–Kier alpha value is -1.02. The van der Waals surface area contributed by atoms with E-state index in [1.54, 1.807) is 0 Å². The molecule has 0 atom stereocenters. The van der Waals surface area contributed by atoms with Crippen LogP contribution in [-0.2, 0) is 0 Å². The van der Waals surface area contributed by atoms with Crippen LogP contribution in [0.1, 0.15) is 52.0 Å². The standard InChI is InChI=1S/C17H27NO/c1-13(2)14-6-5-7-16(10-14)19-12-17(3,4)11-18-15-8-9-15/h5-7,10,13,15,18H,8-9,11-12H2,1-4H3. The van der Waals surface area contributed by atoms with Gasteiger partial charge in [-0.15, -0.1) is 0 Å². The van der Waals surface area contributed by atoms with Crippen molar-refractivity contribution < 1.29 is 4.74 Å². The van der Waals surface area contributed by atoms with Gasteiger partial charge in [0.05, 0.1) is 6.61 Å². The van der Waals surface area contributed by atoms with Gasteiger partial charge in [-0.2, -0.15) is 0 Å². The normalized spacial score (nSPS) is 15.8. The monoisotopic (exact) mass is 261 g/mol. The lowest BCUT2D eigenvalue weighted by atomic mass is 9.95. The molecule has 106 valence electrons. The average Bonchev–Trinajstić information content (AvgIpc) is 3.19. The number of benzene rings is 1. The minimum Gasteiger partial charge on any atom is -0.493 e. The van der Waals surface area contributed by atoms with Gasteiger partial charge in [0.1, 0.15) is 5.75 Å². The second kappa shape index (κ2) is 5.96. The molecule has 0 spiro atoms. The molecule has 0 aliphatic heterocycles. The molecule has 1 saturated carbocycles. The van der Waals surface area contributed by atoms with E-state index in [1.165, 1.54) is 18.4 Å². The van der Waals surface area contributed by atoms with Crippen molar-refractivity contribution in [3.8, 4) is 5.75 Å². The summed E-state index contributed by atoms with van der Waals surface area (Å²) in [5.74, 6) is 1.54. The number of hydrogen-bond acceptors (Lipinski definition) is 2. The molecule has 0 amide bonds. The van der Waals surface area contributed by atoms with Crippen molar-refractivity contribution in [3.63, 3.8) is 0 Å². The number of ether oxygens (including phenoxy) is 1. The van der Waals surface area contributed by atoms with Crippen LogP contribution in [0.2, 0.25) is 0 Å². The molecule has 0 bridgehead atoms. The Morgan fingerprint density at radius 3 is 2.68 bits per heavy atom. The summed E-state index contributed by atoms with van der Waals surface area (Å²) in [5, 5.41) is 3.58. The highest BCUT2D eigenvalue weighted by Gasteiger charge is 2.25. The van der Waals surface area contributed by atoms with Crippen LogP contribution in [0, 0.1) is 5.41 Å². The molecule has 1 aliphatic carbocycles. The molecule has 1 aliphatic rings. The molecule has 1 aromatic rings. The van der Waals surface area contributed by atoms with E-state index in [1.807, 2.05) is 0 Å². The van der Waals surface area contributed by atoms with Gasteiger partial charge in [-0.1, -0.05) is 39.8 Å².